The molecule has 0 bridgehead atoms. The first-order valence-corrected chi connectivity index (χ1v) is 8.22. The fourth-order valence-electron chi connectivity index (χ4n) is 2.83. The number of carbonyl (C=O) groups excluding carboxylic acids is 1. The van der Waals surface area contributed by atoms with Crippen LogP contribution in [-0.2, 0) is 6.54 Å². The summed E-state index contributed by atoms with van der Waals surface area (Å²) >= 11 is 0. The van der Waals surface area contributed by atoms with Gasteiger partial charge in [0.2, 0.25) is 0 Å². The second kappa shape index (κ2) is 6.47. The van der Waals surface area contributed by atoms with Crippen molar-refractivity contribution in [1.82, 2.24) is 19.7 Å². The lowest BCUT2D eigenvalue weighted by molar-refractivity contribution is 0.0728. The summed E-state index contributed by atoms with van der Waals surface area (Å²) in [4.78, 5) is 18.6. The van der Waals surface area contributed by atoms with Crippen LogP contribution in [0.3, 0.4) is 0 Å². The van der Waals surface area contributed by atoms with Crippen molar-refractivity contribution in [3.8, 4) is 5.69 Å². The minimum atomic E-state index is -0.275. The maximum absolute atomic E-state index is 14.0. The number of rotatable bonds is 5. The Morgan fingerprint density at radius 2 is 1.92 bits per heavy atom. The molecular formula is C19H17FN4O. The molecule has 5 nitrogen and oxygen atoms in total. The monoisotopic (exact) mass is 336 g/mol. The van der Waals surface area contributed by atoms with Gasteiger partial charge in [0.15, 0.2) is 0 Å². The first kappa shape index (κ1) is 15.5. The van der Waals surface area contributed by atoms with Crippen molar-refractivity contribution in [1.29, 1.82) is 0 Å². The van der Waals surface area contributed by atoms with Crippen LogP contribution in [0.25, 0.3) is 5.69 Å². The van der Waals surface area contributed by atoms with Crippen molar-refractivity contribution >= 4 is 5.91 Å². The largest absolute Gasteiger partial charge is 0.331 e. The molecule has 1 heterocycles. The van der Waals surface area contributed by atoms with Crippen molar-refractivity contribution in [2.75, 3.05) is 0 Å². The number of carbonyl (C=O) groups is 1. The van der Waals surface area contributed by atoms with Crippen LogP contribution in [0.5, 0.6) is 0 Å². The molecule has 6 heteroatoms. The van der Waals surface area contributed by atoms with Gasteiger partial charge in [-0.1, -0.05) is 18.2 Å². The van der Waals surface area contributed by atoms with E-state index in [4.69, 9.17) is 0 Å². The summed E-state index contributed by atoms with van der Waals surface area (Å²) in [6.45, 7) is 0.293. The maximum Gasteiger partial charge on any atom is 0.254 e. The van der Waals surface area contributed by atoms with E-state index in [1.54, 1.807) is 46.2 Å². The number of nitrogens with zero attached hydrogens (tertiary/aromatic N) is 4. The van der Waals surface area contributed by atoms with Crippen molar-refractivity contribution in [2.45, 2.75) is 25.4 Å². The summed E-state index contributed by atoms with van der Waals surface area (Å²) in [5.74, 6) is -0.349. The Morgan fingerprint density at radius 3 is 2.56 bits per heavy atom. The summed E-state index contributed by atoms with van der Waals surface area (Å²) in [6.07, 6.45) is 5.00. The van der Waals surface area contributed by atoms with Gasteiger partial charge >= 0.3 is 0 Å². The summed E-state index contributed by atoms with van der Waals surface area (Å²) in [5, 5.41) is 4.07. The van der Waals surface area contributed by atoms with Crippen molar-refractivity contribution in [2.24, 2.45) is 0 Å². The zero-order valence-electron chi connectivity index (χ0n) is 13.5. The van der Waals surface area contributed by atoms with E-state index in [0.717, 1.165) is 18.5 Å². The van der Waals surface area contributed by atoms with E-state index in [-0.39, 0.29) is 17.8 Å². The predicted octanol–water partition coefficient (Wildman–Crippen LogP) is 3.21. The standard InChI is InChI=1S/C19H17FN4O/c20-18-4-2-1-3-15(18)11-23(16-9-10-16)19(25)14-5-7-17(8-6-14)24-13-21-12-22-24/h1-8,12-13,16H,9-11H2. The summed E-state index contributed by atoms with van der Waals surface area (Å²) in [7, 11) is 0. The molecular weight excluding hydrogens is 319 g/mol. The molecule has 0 N–H and O–H groups in total. The van der Waals surface area contributed by atoms with Crippen LogP contribution in [0, 0.1) is 5.82 Å². The van der Waals surface area contributed by atoms with Crippen molar-refractivity contribution in [3.63, 3.8) is 0 Å². The third-order valence-corrected chi connectivity index (χ3v) is 4.34. The van der Waals surface area contributed by atoms with Gasteiger partial charge < -0.3 is 4.90 Å². The van der Waals surface area contributed by atoms with E-state index in [1.165, 1.54) is 12.4 Å². The average Bonchev–Trinajstić information content (AvgIpc) is 3.33. The second-order valence-corrected chi connectivity index (χ2v) is 6.14. The highest BCUT2D eigenvalue weighted by Gasteiger charge is 2.33. The molecule has 25 heavy (non-hydrogen) atoms. The number of hydrogen-bond acceptors (Lipinski definition) is 3. The molecule has 126 valence electrons. The highest BCUT2D eigenvalue weighted by Crippen LogP contribution is 2.30. The summed E-state index contributed by atoms with van der Waals surface area (Å²) < 4.78 is 15.6. The van der Waals surface area contributed by atoms with Gasteiger partial charge in [0, 0.05) is 23.7 Å². The van der Waals surface area contributed by atoms with E-state index < -0.39 is 0 Å². The van der Waals surface area contributed by atoms with Crippen molar-refractivity contribution in [3.05, 3.63) is 78.1 Å². The second-order valence-electron chi connectivity index (χ2n) is 6.14. The van der Waals surface area contributed by atoms with Gasteiger partial charge in [0.25, 0.3) is 5.91 Å². The Kier molecular flexibility index (Phi) is 4.01. The number of hydrogen-bond donors (Lipinski definition) is 0. The Hall–Kier alpha value is -3.02. The smallest absolute Gasteiger partial charge is 0.254 e. The number of benzene rings is 2. The Balaban J connectivity index is 1.56. The average molecular weight is 336 g/mol. The van der Waals surface area contributed by atoms with Crippen molar-refractivity contribution < 1.29 is 9.18 Å². The van der Waals surface area contributed by atoms with E-state index in [1.807, 2.05) is 12.1 Å². The molecule has 1 aromatic heterocycles. The molecule has 0 saturated heterocycles. The first-order valence-electron chi connectivity index (χ1n) is 8.22. The highest BCUT2D eigenvalue weighted by atomic mass is 19.1. The van der Waals surface area contributed by atoms with E-state index in [2.05, 4.69) is 10.1 Å². The highest BCUT2D eigenvalue weighted by molar-refractivity contribution is 5.94. The number of amides is 1. The fourth-order valence-corrected chi connectivity index (χ4v) is 2.83. The Labute approximate surface area is 144 Å². The van der Waals surface area contributed by atoms with Gasteiger partial charge in [0.05, 0.1) is 5.69 Å². The molecule has 2 aromatic carbocycles. The third-order valence-electron chi connectivity index (χ3n) is 4.34. The lowest BCUT2D eigenvalue weighted by Gasteiger charge is -2.23. The van der Waals surface area contributed by atoms with Crippen LogP contribution in [0.4, 0.5) is 4.39 Å². The zero-order valence-corrected chi connectivity index (χ0v) is 13.5. The van der Waals surface area contributed by atoms with Gasteiger partial charge in [-0.2, -0.15) is 5.10 Å². The lowest BCUT2D eigenvalue weighted by Crippen LogP contribution is -2.32. The van der Waals surface area contributed by atoms with E-state index in [9.17, 15) is 9.18 Å². The summed E-state index contributed by atoms with van der Waals surface area (Å²) in [5.41, 5.74) is 1.97. The lowest BCUT2D eigenvalue weighted by atomic mass is 10.1. The first-order chi connectivity index (χ1) is 12.2. The topological polar surface area (TPSA) is 51.0 Å². The maximum atomic E-state index is 14.0. The van der Waals surface area contributed by atoms with Crippen LogP contribution >= 0.6 is 0 Å². The molecule has 1 fully saturated rings. The van der Waals surface area contributed by atoms with Crippen LogP contribution in [0.15, 0.2) is 61.2 Å². The number of halogens is 1. The molecule has 4 rings (SSSR count). The van der Waals surface area contributed by atoms with Crippen LogP contribution in [-0.4, -0.2) is 31.6 Å². The Morgan fingerprint density at radius 1 is 1.16 bits per heavy atom. The molecule has 0 radical (unpaired) electrons. The van der Waals surface area contributed by atoms with Crippen LogP contribution in [0.1, 0.15) is 28.8 Å². The normalized spacial score (nSPS) is 13.6. The summed E-state index contributed by atoms with van der Waals surface area (Å²) in [6, 6.07) is 14.0. The van der Waals surface area contributed by atoms with E-state index in [0.29, 0.717) is 17.7 Å². The molecule has 1 aliphatic rings. The molecule has 0 aliphatic heterocycles. The zero-order chi connectivity index (χ0) is 17.2. The molecule has 0 unspecified atom stereocenters. The quantitative estimate of drug-likeness (QED) is 0.719. The van der Waals surface area contributed by atoms with Crippen LogP contribution < -0.4 is 0 Å². The van der Waals surface area contributed by atoms with E-state index >= 15 is 0 Å². The molecule has 3 aromatic rings. The third kappa shape index (κ3) is 3.28. The molecule has 1 amide bonds. The molecule has 0 atom stereocenters. The van der Waals surface area contributed by atoms with Gasteiger partial charge in [-0.15, -0.1) is 0 Å². The predicted molar refractivity (Wildman–Crippen MR) is 90.7 cm³/mol. The molecule has 1 saturated carbocycles. The SMILES string of the molecule is O=C(c1ccc(-n2cncn2)cc1)N(Cc1ccccc1F)C1CC1. The minimum absolute atomic E-state index is 0.0732. The fraction of sp³-hybridized carbons (Fsp3) is 0.211. The number of aromatic nitrogens is 3. The molecule has 1 aliphatic carbocycles. The van der Waals surface area contributed by atoms with Crippen LogP contribution in [0.2, 0.25) is 0 Å². The van der Waals surface area contributed by atoms with Gasteiger partial charge in [-0.05, 0) is 43.2 Å². The van der Waals surface area contributed by atoms with Gasteiger partial charge in [-0.25, -0.2) is 14.1 Å². The minimum Gasteiger partial charge on any atom is -0.331 e. The van der Waals surface area contributed by atoms with Gasteiger partial charge in [-0.3, -0.25) is 4.79 Å². The van der Waals surface area contributed by atoms with Gasteiger partial charge in [0.1, 0.15) is 18.5 Å². The molecule has 0 spiro atoms. The Bertz CT molecular complexity index is 873.